The summed E-state index contributed by atoms with van der Waals surface area (Å²) in [6, 6.07) is 4.16. The SMILES string of the molecule is COc1ccc(O[C@H]2CC[C@@H](C(F)(F)F)CC2)cc1[N+](=O)[O-]. The van der Waals surface area contributed by atoms with Crippen LogP contribution in [0.2, 0.25) is 0 Å². The lowest BCUT2D eigenvalue weighted by Gasteiger charge is -2.30. The van der Waals surface area contributed by atoms with Gasteiger partial charge < -0.3 is 9.47 Å². The first kappa shape index (κ1) is 16.4. The van der Waals surface area contributed by atoms with Gasteiger partial charge in [0.05, 0.1) is 30.1 Å². The van der Waals surface area contributed by atoms with Crippen LogP contribution in [0.1, 0.15) is 25.7 Å². The van der Waals surface area contributed by atoms with Crippen molar-refractivity contribution in [3.05, 3.63) is 28.3 Å². The van der Waals surface area contributed by atoms with Crippen molar-refractivity contribution in [1.82, 2.24) is 0 Å². The highest BCUT2D eigenvalue weighted by Gasteiger charge is 2.41. The first-order valence-corrected chi connectivity index (χ1v) is 6.87. The van der Waals surface area contributed by atoms with Gasteiger partial charge in [-0.25, -0.2) is 0 Å². The molecule has 1 aliphatic carbocycles. The molecule has 1 fully saturated rings. The molecule has 0 bridgehead atoms. The summed E-state index contributed by atoms with van der Waals surface area (Å²) in [4.78, 5) is 10.3. The molecule has 0 N–H and O–H groups in total. The Balaban J connectivity index is 2.01. The summed E-state index contributed by atoms with van der Waals surface area (Å²) in [5.74, 6) is -0.904. The summed E-state index contributed by atoms with van der Waals surface area (Å²) in [7, 11) is 1.32. The highest BCUT2D eigenvalue weighted by Crippen LogP contribution is 2.39. The number of rotatable bonds is 4. The minimum Gasteiger partial charge on any atom is -0.490 e. The van der Waals surface area contributed by atoms with Gasteiger partial charge in [0.2, 0.25) is 0 Å². The van der Waals surface area contributed by atoms with E-state index >= 15 is 0 Å². The number of alkyl halides is 3. The molecule has 5 nitrogen and oxygen atoms in total. The Bertz CT molecular complexity index is 539. The minimum atomic E-state index is -4.16. The predicted octanol–water partition coefficient (Wildman–Crippen LogP) is 4.10. The molecule has 0 amide bonds. The van der Waals surface area contributed by atoms with Gasteiger partial charge in [0, 0.05) is 0 Å². The number of nitro benzene ring substituents is 1. The van der Waals surface area contributed by atoms with Crippen LogP contribution in [-0.4, -0.2) is 24.3 Å². The van der Waals surface area contributed by atoms with Crippen LogP contribution in [0, 0.1) is 16.0 Å². The molecule has 0 aliphatic heterocycles. The number of benzene rings is 1. The fourth-order valence-electron chi connectivity index (χ4n) is 2.59. The number of methoxy groups -OCH3 is 1. The maximum atomic E-state index is 12.6. The second kappa shape index (κ2) is 6.41. The van der Waals surface area contributed by atoms with Gasteiger partial charge in [-0.3, -0.25) is 10.1 Å². The average Bonchev–Trinajstić information content (AvgIpc) is 2.46. The number of nitro groups is 1. The summed E-state index contributed by atoms with van der Waals surface area (Å²) in [5, 5.41) is 10.9. The summed E-state index contributed by atoms with van der Waals surface area (Å²) < 4.78 is 48.2. The zero-order valence-electron chi connectivity index (χ0n) is 11.9. The van der Waals surface area contributed by atoms with Crippen LogP contribution in [0.5, 0.6) is 11.5 Å². The van der Waals surface area contributed by atoms with Crippen molar-refractivity contribution in [1.29, 1.82) is 0 Å². The van der Waals surface area contributed by atoms with Crippen molar-refractivity contribution in [2.24, 2.45) is 5.92 Å². The van der Waals surface area contributed by atoms with E-state index in [-0.39, 0.29) is 49.0 Å². The number of ether oxygens (including phenoxy) is 2. The summed E-state index contributed by atoms with van der Waals surface area (Å²) in [6.07, 6.45) is -3.91. The van der Waals surface area contributed by atoms with Gasteiger partial charge in [-0.1, -0.05) is 0 Å². The third-order valence-corrected chi connectivity index (χ3v) is 3.79. The summed E-state index contributed by atoms with van der Waals surface area (Å²) in [5.41, 5.74) is -0.232. The van der Waals surface area contributed by atoms with E-state index in [1.807, 2.05) is 0 Å². The highest BCUT2D eigenvalue weighted by atomic mass is 19.4. The van der Waals surface area contributed by atoms with Crippen LogP contribution < -0.4 is 9.47 Å². The smallest absolute Gasteiger partial charge is 0.391 e. The quantitative estimate of drug-likeness (QED) is 0.619. The first-order valence-electron chi connectivity index (χ1n) is 6.87. The number of hydrogen-bond acceptors (Lipinski definition) is 4. The molecule has 1 aliphatic rings. The average molecular weight is 319 g/mol. The van der Waals surface area contributed by atoms with Gasteiger partial charge in [0.15, 0.2) is 5.75 Å². The molecule has 22 heavy (non-hydrogen) atoms. The normalized spacial score (nSPS) is 22.2. The second-order valence-corrected chi connectivity index (χ2v) is 5.22. The second-order valence-electron chi connectivity index (χ2n) is 5.22. The number of nitrogens with zero attached hydrogens (tertiary/aromatic N) is 1. The van der Waals surface area contributed by atoms with Crippen molar-refractivity contribution in [3.8, 4) is 11.5 Å². The van der Waals surface area contributed by atoms with Crippen LogP contribution >= 0.6 is 0 Å². The van der Waals surface area contributed by atoms with Gasteiger partial charge in [-0.15, -0.1) is 0 Å². The van der Waals surface area contributed by atoms with Crippen molar-refractivity contribution in [2.45, 2.75) is 38.0 Å². The Labute approximate surface area is 125 Å². The minimum absolute atomic E-state index is 0.0203. The summed E-state index contributed by atoms with van der Waals surface area (Å²) in [6.45, 7) is 0. The van der Waals surface area contributed by atoms with Crippen LogP contribution in [-0.2, 0) is 0 Å². The molecule has 0 spiro atoms. The lowest BCUT2D eigenvalue weighted by Crippen LogP contribution is -2.31. The zero-order valence-corrected chi connectivity index (χ0v) is 11.9. The molecule has 0 heterocycles. The van der Waals surface area contributed by atoms with Crippen molar-refractivity contribution in [3.63, 3.8) is 0 Å². The Morgan fingerprint density at radius 2 is 1.86 bits per heavy atom. The van der Waals surface area contributed by atoms with Gasteiger partial charge in [0.25, 0.3) is 0 Å². The van der Waals surface area contributed by atoms with Crippen LogP contribution in [0.3, 0.4) is 0 Å². The van der Waals surface area contributed by atoms with E-state index < -0.39 is 17.0 Å². The molecule has 0 saturated heterocycles. The lowest BCUT2D eigenvalue weighted by molar-refractivity contribution is -0.385. The standard InChI is InChI=1S/C14H16F3NO4/c1-21-13-7-6-11(8-12(13)18(19)20)22-10-4-2-9(3-5-10)14(15,16)17/h6-10H,2-5H2,1H3/t9-,10+. The van der Waals surface area contributed by atoms with E-state index in [2.05, 4.69) is 0 Å². The van der Waals surface area contributed by atoms with Crippen LogP contribution in [0.15, 0.2) is 18.2 Å². The van der Waals surface area contributed by atoms with E-state index in [1.54, 1.807) is 0 Å². The van der Waals surface area contributed by atoms with Crippen molar-refractivity contribution < 1.29 is 27.6 Å². The molecule has 122 valence electrons. The maximum Gasteiger partial charge on any atom is 0.391 e. The molecule has 0 radical (unpaired) electrons. The molecular weight excluding hydrogens is 303 g/mol. The third kappa shape index (κ3) is 3.80. The molecule has 2 rings (SSSR count). The molecule has 0 unspecified atom stereocenters. The van der Waals surface area contributed by atoms with E-state index in [9.17, 15) is 23.3 Å². The van der Waals surface area contributed by atoms with Crippen molar-refractivity contribution in [2.75, 3.05) is 7.11 Å². The molecule has 0 aromatic heterocycles. The fourth-order valence-corrected chi connectivity index (χ4v) is 2.59. The molecular formula is C14H16F3NO4. The molecule has 8 heteroatoms. The first-order chi connectivity index (χ1) is 10.3. The topological polar surface area (TPSA) is 61.6 Å². The van der Waals surface area contributed by atoms with Crippen molar-refractivity contribution >= 4 is 5.69 Å². The Hall–Kier alpha value is -1.99. The van der Waals surface area contributed by atoms with E-state index in [1.165, 1.54) is 25.3 Å². The van der Waals surface area contributed by atoms with E-state index in [0.717, 1.165) is 0 Å². The Morgan fingerprint density at radius 3 is 2.36 bits per heavy atom. The van der Waals surface area contributed by atoms with E-state index in [0.29, 0.717) is 0 Å². The van der Waals surface area contributed by atoms with Crippen LogP contribution in [0.25, 0.3) is 0 Å². The number of hydrogen-bond donors (Lipinski definition) is 0. The van der Waals surface area contributed by atoms with Gasteiger partial charge in [-0.05, 0) is 37.8 Å². The highest BCUT2D eigenvalue weighted by molar-refractivity contribution is 5.50. The maximum absolute atomic E-state index is 12.6. The Morgan fingerprint density at radius 1 is 1.23 bits per heavy atom. The fraction of sp³-hybridized carbons (Fsp3) is 0.571. The number of halogens is 3. The monoisotopic (exact) mass is 319 g/mol. The van der Waals surface area contributed by atoms with Gasteiger partial charge in [0.1, 0.15) is 5.75 Å². The van der Waals surface area contributed by atoms with Gasteiger partial charge >= 0.3 is 11.9 Å². The van der Waals surface area contributed by atoms with Gasteiger partial charge in [-0.2, -0.15) is 13.2 Å². The zero-order chi connectivity index (χ0) is 16.3. The molecule has 1 aromatic rings. The third-order valence-electron chi connectivity index (χ3n) is 3.79. The summed E-state index contributed by atoms with van der Waals surface area (Å²) >= 11 is 0. The molecule has 1 saturated carbocycles. The van der Waals surface area contributed by atoms with Crippen LogP contribution in [0.4, 0.5) is 18.9 Å². The molecule has 1 aromatic carbocycles. The van der Waals surface area contributed by atoms with E-state index in [4.69, 9.17) is 9.47 Å². The lowest BCUT2D eigenvalue weighted by atomic mass is 9.87. The molecule has 0 atom stereocenters. The largest absolute Gasteiger partial charge is 0.490 e. The Kier molecular flexibility index (Phi) is 4.77. The predicted molar refractivity (Wildman–Crippen MR) is 72.1 cm³/mol.